The van der Waals surface area contributed by atoms with Gasteiger partial charge in [-0.1, -0.05) is 6.07 Å². The summed E-state index contributed by atoms with van der Waals surface area (Å²) in [6.45, 7) is 1.64. The highest BCUT2D eigenvalue weighted by Gasteiger charge is 2.24. The van der Waals surface area contributed by atoms with E-state index in [0.717, 1.165) is 18.6 Å². The van der Waals surface area contributed by atoms with Gasteiger partial charge in [-0.25, -0.2) is 13.6 Å². The number of benzene rings is 1. The van der Waals surface area contributed by atoms with Crippen LogP contribution >= 0.6 is 11.8 Å². The Morgan fingerprint density at radius 3 is 2.79 bits per heavy atom. The van der Waals surface area contributed by atoms with Gasteiger partial charge >= 0.3 is 0 Å². The molecule has 1 unspecified atom stereocenters. The Hall–Kier alpha value is -1.05. The average Bonchev–Trinajstić information content (AvgIpc) is 2.83. The minimum absolute atomic E-state index is 0.0439. The highest BCUT2D eigenvalue weighted by molar-refractivity contribution is 8.00. The van der Waals surface area contributed by atoms with Gasteiger partial charge in [-0.2, -0.15) is 0 Å². The molecule has 0 aliphatic carbocycles. The summed E-state index contributed by atoms with van der Waals surface area (Å²) in [7, 11) is -3.77. The van der Waals surface area contributed by atoms with Crippen molar-refractivity contribution >= 4 is 33.4 Å². The highest BCUT2D eigenvalue weighted by Crippen LogP contribution is 2.28. The van der Waals surface area contributed by atoms with Crippen LogP contribution in [-0.4, -0.2) is 25.3 Å². The molecule has 19 heavy (non-hydrogen) atoms. The molecule has 0 saturated carbocycles. The molecule has 1 atom stereocenters. The number of nitrogens with one attached hydrogen (secondary N) is 1. The Labute approximate surface area is 117 Å². The number of thioether (sulfide) groups is 1. The lowest BCUT2D eigenvalue weighted by atomic mass is 10.2. The molecule has 5 nitrogen and oxygen atoms in total. The zero-order valence-electron chi connectivity index (χ0n) is 10.5. The summed E-state index contributed by atoms with van der Waals surface area (Å²) in [5.74, 6) is 0.922. The molecule has 1 aromatic rings. The number of rotatable bonds is 3. The zero-order chi connectivity index (χ0) is 14.0. The Kier molecular flexibility index (Phi) is 4.17. The van der Waals surface area contributed by atoms with E-state index >= 15 is 0 Å². The Morgan fingerprint density at radius 1 is 1.47 bits per heavy atom. The molecule has 1 aromatic carbocycles. The molecular weight excluding hydrogens is 284 g/mol. The summed E-state index contributed by atoms with van der Waals surface area (Å²) in [6.07, 6.45) is 1.91. The monoisotopic (exact) mass is 300 g/mol. The van der Waals surface area contributed by atoms with Crippen molar-refractivity contribution in [3.8, 4) is 0 Å². The quantitative estimate of drug-likeness (QED) is 0.884. The minimum atomic E-state index is -3.77. The van der Waals surface area contributed by atoms with E-state index in [1.165, 1.54) is 6.07 Å². The summed E-state index contributed by atoms with van der Waals surface area (Å²) >= 11 is 1.63. The summed E-state index contributed by atoms with van der Waals surface area (Å²) < 4.78 is 22.8. The number of anilines is 1. The fourth-order valence-electron chi connectivity index (χ4n) is 2.06. The first-order valence-electron chi connectivity index (χ1n) is 5.94. The fraction of sp³-hybridized carbons (Fsp3) is 0.417. The Balaban J connectivity index is 2.24. The van der Waals surface area contributed by atoms with Crippen LogP contribution in [0.25, 0.3) is 0 Å². The number of carbonyl (C=O) groups is 1. The maximum atomic E-state index is 12.0. The number of carbonyl (C=O) groups excluding carboxylic acids is 1. The molecule has 1 aliphatic heterocycles. The SMILES string of the molecule is Cc1c(NC(=O)C2CCCS2)cccc1S(N)(=O)=O. The van der Waals surface area contributed by atoms with Crippen LogP contribution in [-0.2, 0) is 14.8 Å². The van der Waals surface area contributed by atoms with E-state index in [2.05, 4.69) is 5.32 Å². The number of hydrogen-bond donors (Lipinski definition) is 2. The molecule has 0 aromatic heterocycles. The maximum Gasteiger partial charge on any atom is 0.238 e. The molecule has 0 radical (unpaired) electrons. The topological polar surface area (TPSA) is 89.3 Å². The number of amides is 1. The van der Waals surface area contributed by atoms with Crippen molar-refractivity contribution in [2.45, 2.75) is 29.9 Å². The lowest BCUT2D eigenvalue weighted by Gasteiger charge is -2.13. The van der Waals surface area contributed by atoms with Crippen LogP contribution in [0.5, 0.6) is 0 Å². The number of primary sulfonamides is 1. The van der Waals surface area contributed by atoms with E-state index < -0.39 is 10.0 Å². The van der Waals surface area contributed by atoms with Crippen molar-refractivity contribution < 1.29 is 13.2 Å². The first-order valence-corrected chi connectivity index (χ1v) is 8.54. The van der Waals surface area contributed by atoms with Crippen LogP contribution in [0.4, 0.5) is 5.69 Å². The second-order valence-electron chi connectivity index (χ2n) is 4.46. The second kappa shape index (κ2) is 5.52. The predicted octanol–water partition coefficient (Wildman–Crippen LogP) is 1.48. The number of hydrogen-bond acceptors (Lipinski definition) is 4. The standard InChI is InChI=1S/C12H16N2O3S2/c1-8-9(4-2-6-11(8)19(13,16)17)14-12(15)10-5-3-7-18-10/h2,4,6,10H,3,5,7H2,1H3,(H,14,15)(H2,13,16,17). The molecule has 3 N–H and O–H groups in total. The van der Waals surface area contributed by atoms with E-state index in [-0.39, 0.29) is 16.1 Å². The second-order valence-corrected chi connectivity index (χ2v) is 7.31. The molecule has 2 rings (SSSR count). The maximum absolute atomic E-state index is 12.0. The van der Waals surface area contributed by atoms with Gasteiger partial charge in [0.25, 0.3) is 0 Å². The smallest absolute Gasteiger partial charge is 0.238 e. The largest absolute Gasteiger partial charge is 0.325 e. The molecule has 0 bridgehead atoms. The highest BCUT2D eigenvalue weighted by atomic mass is 32.2. The average molecular weight is 300 g/mol. The van der Waals surface area contributed by atoms with Gasteiger partial charge in [-0.3, -0.25) is 4.79 Å². The first kappa shape index (κ1) is 14.4. The zero-order valence-corrected chi connectivity index (χ0v) is 12.2. The van der Waals surface area contributed by atoms with E-state index in [9.17, 15) is 13.2 Å². The van der Waals surface area contributed by atoms with E-state index in [0.29, 0.717) is 11.3 Å². The van der Waals surface area contributed by atoms with E-state index in [1.54, 1.807) is 30.8 Å². The molecule has 1 fully saturated rings. The van der Waals surface area contributed by atoms with Gasteiger partial charge in [0, 0.05) is 5.69 Å². The van der Waals surface area contributed by atoms with Crippen molar-refractivity contribution in [1.29, 1.82) is 0 Å². The van der Waals surface area contributed by atoms with Crippen molar-refractivity contribution in [3.63, 3.8) is 0 Å². The Morgan fingerprint density at radius 2 is 2.21 bits per heavy atom. The molecule has 1 saturated heterocycles. The van der Waals surface area contributed by atoms with Crippen molar-refractivity contribution in [3.05, 3.63) is 23.8 Å². The van der Waals surface area contributed by atoms with E-state index in [1.807, 2.05) is 0 Å². The van der Waals surface area contributed by atoms with Gasteiger partial charge in [0.2, 0.25) is 15.9 Å². The van der Waals surface area contributed by atoms with Gasteiger partial charge in [0.15, 0.2) is 0 Å². The summed E-state index contributed by atoms with van der Waals surface area (Å²) in [5.41, 5.74) is 0.977. The fourth-order valence-corrected chi connectivity index (χ4v) is 4.02. The van der Waals surface area contributed by atoms with Crippen LogP contribution in [0.1, 0.15) is 18.4 Å². The third-order valence-electron chi connectivity index (χ3n) is 3.07. The molecule has 104 valence electrons. The summed E-state index contributed by atoms with van der Waals surface area (Å²) in [6, 6.07) is 4.69. The van der Waals surface area contributed by atoms with Gasteiger partial charge in [-0.15, -0.1) is 11.8 Å². The van der Waals surface area contributed by atoms with Gasteiger partial charge in [0.05, 0.1) is 10.1 Å². The molecule has 1 amide bonds. The van der Waals surface area contributed by atoms with Gasteiger partial charge in [0.1, 0.15) is 0 Å². The predicted molar refractivity (Wildman–Crippen MR) is 76.7 cm³/mol. The van der Waals surface area contributed by atoms with Crippen LogP contribution in [0.3, 0.4) is 0 Å². The molecule has 7 heteroatoms. The van der Waals surface area contributed by atoms with Crippen LogP contribution in [0, 0.1) is 6.92 Å². The van der Waals surface area contributed by atoms with Crippen molar-refractivity contribution in [1.82, 2.24) is 0 Å². The van der Waals surface area contributed by atoms with E-state index in [4.69, 9.17) is 5.14 Å². The first-order chi connectivity index (χ1) is 8.89. The lowest BCUT2D eigenvalue weighted by molar-refractivity contribution is -0.115. The lowest BCUT2D eigenvalue weighted by Crippen LogP contribution is -2.24. The minimum Gasteiger partial charge on any atom is -0.325 e. The van der Waals surface area contributed by atoms with Crippen molar-refractivity contribution in [2.24, 2.45) is 5.14 Å². The number of sulfonamides is 1. The normalized spacial score (nSPS) is 19.4. The van der Waals surface area contributed by atoms with Gasteiger partial charge < -0.3 is 5.32 Å². The molecule has 1 aliphatic rings. The Bertz CT molecular complexity index is 593. The molecule has 0 spiro atoms. The molecular formula is C12H16N2O3S2. The van der Waals surface area contributed by atoms with Crippen LogP contribution in [0.15, 0.2) is 23.1 Å². The van der Waals surface area contributed by atoms with Crippen LogP contribution < -0.4 is 10.5 Å². The van der Waals surface area contributed by atoms with Crippen LogP contribution in [0.2, 0.25) is 0 Å². The summed E-state index contributed by atoms with van der Waals surface area (Å²) in [4.78, 5) is 12.1. The molecule has 1 heterocycles. The van der Waals surface area contributed by atoms with Crippen molar-refractivity contribution in [2.75, 3.05) is 11.1 Å². The number of nitrogens with two attached hydrogens (primary N) is 1. The third kappa shape index (κ3) is 3.29. The summed E-state index contributed by atoms with van der Waals surface area (Å²) in [5, 5.41) is 7.88. The van der Waals surface area contributed by atoms with Gasteiger partial charge in [-0.05, 0) is 43.2 Å². The third-order valence-corrected chi connectivity index (χ3v) is 5.50.